The van der Waals surface area contributed by atoms with Crippen LogP contribution in [0.5, 0.6) is 0 Å². The normalized spacial score (nSPS) is 24.8. The molecule has 1 aromatic rings. The maximum Gasteiger partial charge on any atom is 0.0948 e. The van der Waals surface area contributed by atoms with Crippen molar-refractivity contribution in [2.45, 2.75) is 51.3 Å². The zero-order chi connectivity index (χ0) is 13.7. The van der Waals surface area contributed by atoms with Crippen LogP contribution in [0, 0.1) is 0 Å². The predicted octanol–water partition coefficient (Wildman–Crippen LogP) is 1.45. The molecule has 19 heavy (non-hydrogen) atoms. The monoisotopic (exact) mass is 266 g/mol. The Balaban J connectivity index is 1.97. The summed E-state index contributed by atoms with van der Waals surface area (Å²) in [6.07, 6.45) is 7.17. The summed E-state index contributed by atoms with van der Waals surface area (Å²) in [4.78, 5) is 4.24. The van der Waals surface area contributed by atoms with Gasteiger partial charge in [0.25, 0.3) is 0 Å². The molecule has 5 heteroatoms. The van der Waals surface area contributed by atoms with E-state index < -0.39 is 0 Å². The summed E-state index contributed by atoms with van der Waals surface area (Å²) in [5.74, 6) is 0. The van der Waals surface area contributed by atoms with Crippen molar-refractivity contribution < 1.29 is 4.74 Å². The lowest BCUT2D eigenvalue weighted by Crippen LogP contribution is -2.41. The molecule has 0 radical (unpaired) electrons. The summed E-state index contributed by atoms with van der Waals surface area (Å²) in [6, 6.07) is 0.148. The first-order valence-electron chi connectivity index (χ1n) is 7.26. The number of hydrogen-bond acceptors (Lipinski definition) is 4. The van der Waals surface area contributed by atoms with Crippen molar-refractivity contribution in [3.05, 3.63) is 18.2 Å². The van der Waals surface area contributed by atoms with E-state index in [0.717, 1.165) is 39.0 Å². The number of ether oxygens (including phenoxy) is 1. The van der Waals surface area contributed by atoms with E-state index in [0.29, 0.717) is 6.54 Å². The van der Waals surface area contributed by atoms with Crippen molar-refractivity contribution in [1.82, 2.24) is 14.9 Å². The molecule has 0 amide bonds. The lowest BCUT2D eigenvalue weighted by molar-refractivity contribution is 0.0187. The largest absolute Gasteiger partial charge is 0.374 e. The third-order valence-corrected chi connectivity index (χ3v) is 3.82. The number of nitrogens with zero attached hydrogens (tertiary/aromatic N) is 2. The van der Waals surface area contributed by atoms with Crippen LogP contribution in [0.2, 0.25) is 0 Å². The molecule has 0 aromatic carbocycles. The van der Waals surface area contributed by atoms with Crippen molar-refractivity contribution in [2.24, 2.45) is 5.73 Å². The molecule has 2 rings (SSSR count). The lowest BCUT2D eigenvalue weighted by Gasteiger charge is -2.27. The van der Waals surface area contributed by atoms with Crippen LogP contribution in [-0.2, 0) is 11.3 Å². The Morgan fingerprint density at radius 2 is 2.47 bits per heavy atom. The Bertz CT molecular complexity index is 385. The molecule has 2 heterocycles. The molecule has 1 aliphatic rings. The maximum absolute atomic E-state index is 5.91. The first-order valence-corrected chi connectivity index (χ1v) is 7.26. The standard InChI is InChI=1S/C14H26N4O/c1-3-6-18-11-16-9-13(18)12(8-15)17-10-14(2)5-4-7-19-14/h9,11-12,17H,3-8,10,15H2,1-2H3. The highest BCUT2D eigenvalue weighted by atomic mass is 16.5. The summed E-state index contributed by atoms with van der Waals surface area (Å²) < 4.78 is 7.99. The van der Waals surface area contributed by atoms with Gasteiger partial charge in [0.1, 0.15) is 0 Å². The number of nitrogens with two attached hydrogens (primary N) is 1. The number of rotatable bonds is 7. The highest BCUT2D eigenvalue weighted by molar-refractivity contribution is 5.06. The van der Waals surface area contributed by atoms with E-state index >= 15 is 0 Å². The summed E-state index contributed by atoms with van der Waals surface area (Å²) in [5, 5.41) is 3.54. The Morgan fingerprint density at radius 3 is 3.11 bits per heavy atom. The Kier molecular flexibility index (Phi) is 4.96. The van der Waals surface area contributed by atoms with Crippen molar-refractivity contribution in [2.75, 3.05) is 19.7 Å². The molecule has 108 valence electrons. The average Bonchev–Trinajstić information content (AvgIpc) is 3.01. The van der Waals surface area contributed by atoms with Gasteiger partial charge in [-0.1, -0.05) is 6.92 Å². The molecule has 0 bridgehead atoms. The lowest BCUT2D eigenvalue weighted by atomic mass is 10.0. The Labute approximate surface area is 115 Å². The highest BCUT2D eigenvalue weighted by Crippen LogP contribution is 2.25. The van der Waals surface area contributed by atoms with Gasteiger partial charge < -0.3 is 20.4 Å². The van der Waals surface area contributed by atoms with Gasteiger partial charge >= 0.3 is 0 Å². The van der Waals surface area contributed by atoms with Crippen molar-refractivity contribution >= 4 is 0 Å². The van der Waals surface area contributed by atoms with E-state index in [1.54, 1.807) is 0 Å². The van der Waals surface area contributed by atoms with Crippen LogP contribution in [0.25, 0.3) is 0 Å². The molecule has 1 aliphatic heterocycles. The second-order valence-corrected chi connectivity index (χ2v) is 5.58. The molecule has 2 unspecified atom stereocenters. The van der Waals surface area contributed by atoms with Crippen LogP contribution in [0.1, 0.15) is 44.8 Å². The molecule has 1 fully saturated rings. The fourth-order valence-electron chi connectivity index (χ4n) is 2.67. The van der Waals surface area contributed by atoms with Gasteiger partial charge in [0.05, 0.1) is 23.7 Å². The fourth-order valence-corrected chi connectivity index (χ4v) is 2.67. The van der Waals surface area contributed by atoms with E-state index in [-0.39, 0.29) is 11.6 Å². The minimum Gasteiger partial charge on any atom is -0.374 e. The topological polar surface area (TPSA) is 65.1 Å². The smallest absolute Gasteiger partial charge is 0.0948 e. The van der Waals surface area contributed by atoms with Gasteiger partial charge in [-0.05, 0) is 26.2 Å². The van der Waals surface area contributed by atoms with E-state index in [4.69, 9.17) is 10.5 Å². The molecule has 1 aromatic heterocycles. The third kappa shape index (κ3) is 3.55. The van der Waals surface area contributed by atoms with Crippen LogP contribution in [0.3, 0.4) is 0 Å². The van der Waals surface area contributed by atoms with Gasteiger partial charge in [0.2, 0.25) is 0 Å². The number of imidazole rings is 1. The van der Waals surface area contributed by atoms with Gasteiger partial charge in [0.15, 0.2) is 0 Å². The van der Waals surface area contributed by atoms with E-state index in [2.05, 4.69) is 28.7 Å². The van der Waals surface area contributed by atoms with Crippen LogP contribution >= 0.6 is 0 Å². The zero-order valence-corrected chi connectivity index (χ0v) is 12.1. The molecule has 0 saturated carbocycles. The Morgan fingerprint density at radius 1 is 1.63 bits per heavy atom. The SMILES string of the molecule is CCCn1cncc1C(CN)NCC1(C)CCCO1. The van der Waals surface area contributed by atoms with Gasteiger partial charge in [-0.25, -0.2) is 4.98 Å². The van der Waals surface area contributed by atoms with Crippen molar-refractivity contribution in [3.8, 4) is 0 Å². The second kappa shape index (κ2) is 6.50. The maximum atomic E-state index is 5.91. The quantitative estimate of drug-likeness (QED) is 0.784. The zero-order valence-electron chi connectivity index (χ0n) is 12.1. The summed E-state index contributed by atoms with van der Waals surface area (Å²) in [6.45, 7) is 7.62. The summed E-state index contributed by atoms with van der Waals surface area (Å²) in [5.41, 5.74) is 7.05. The molecular weight excluding hydrogens is 240 g/mol. The molecular formula is C14H26N4O. The van der Waals surface area contributed by atoms with Gasteiger partial charge in [0, 0.05) is 32.4 Å². The van der Waals surface area contributed by atoms with Gasteiger partial charge in [-0.3, -0.25) is 0 Å². The molecule has 1 saturated heterocycles. The molecule has 2 atom stereocenters. The van der Waals surface area contributed by atoms with Crippen LogP contribution in [-0.4, -0.2) is 34.8 Å². The van der Waals surface area contributed by atoms with Crippen LogP contribution in [0.15, 0.2) is 12.5 Å². The number of aryl methyl sites for hydroxylation is 1. The molecule has 5 nitrogen and oxygen atoms in total. The summed E-state index contributed by atoms with van der Waals surface area (Å²) in [7, 11) is 0. The number of aromatic nitrogens is 2. The fraction of sp³-hybridized carbons (Fsp3) is 0.786. The summed E-state index contributed by atoms with van der Waals surface area (Å²) >= 11 is 0. The number of nitrogens with one attached hydrogen (secondary N) is 1. The second-order valence-electron chi connectivity index (χ2n) is 5.58. The molecule has 3 N–H and O–H groups in total. The van der Waals surface area contributed by atoms with E-state index in [9.17, 15) is 0 Å². The average molecular weight is 266 g/mol. The van der Waals surface area contributed by atoms with Crippen molar-refractivity contribution in [3.63, 3.8) is 0 Å². The number of hydrogen-bond donors (Lipinski definition) is 2. The molecule has 0 aliphatic carbocycles. The minimum atomic E-state index is -0.0387. The van der Waals surface area contributed by atoms with E-state index in [1.165, 1.54) is 5.69 Å². The van der Waals surface area contributed by atoms with Gasteiger partial charge in [-0.2, -0.15) is 0 Å². The first kappa shape index (κ1) is 14.5. The van der Waals surface area contributed by atoms with E-state index in [1.807, 2.05) is 12.5 Å². The third-order valence-electron chi connectivity index (χ3n) is 3.82. The highest BCUT2D eigenvalue weighted by Gasteiger charge is 2.30. The van der Waals surface area contributed by atoms with Crippen LogP contribution < -0.4 is 11.1 Å². The predicted molar refractivity (Wildman–Crippen MR) is 75.9 cm³/mol. The van der Waals surface area contributed by atoms with Crippen LogP contribution in [0.4, 0.5) is 0 Å². The molecule has 0 spiro atoms. The Hall–Kier alpha value is -0.910. The first-order chi connectivity index (χ1) is 9.18. The van der Waals surface area contributed by atoms with Crippen molar-refractivity contribution in [1.29, 1.82) is 0 Å². The minimum absolute atomic E-state index is 0.0387. The van der Waals surface area contributed by atoms with Gasteiger partial charge in [-0.15, -0.1) is 0 Å².